The molecule has 1 aromatic carbocycles. The molecule has 0 bridgehead atoms. The molecule has 23 nitrogen and oxygen atoms in total. The number of pyridine rings is 2. The first-order valence-electron chi connectivity index (χ1n) is 25.1. The quantitative estimate of drug-likeness (QED) is 0.0621. The van der Waals surface area contributed by atoms with Gasteiger partial charge in [-0.2, -0.15) is 0 Å². The molecule has 7 aromatic rings. The number of aliphatic hydroxyl groups excluding tert-OH is 1. The molecule has 0 unspecified atom stereocenters. The number of rotatable bonds is 11. The molecule has 3 aliphatic heterocycles. The van der Waals surface area contributed by atoms with E-state index in [1.54, 1.807) is 41.8 Å². The SMILES string of the molecule is Cc1noc(C)c1CO.Cc1noc(C)c1COC(=O)N1CC(S(=O)(=O)N2CCC(c3c[nH]c4ncccc34)CC2)C1.O=C(Cl)Oc1ccc([N+](=O)[O-])cc1.O=S(=O)(C1CCC1)N1CCC(c2c[nH]c3ncccc23)CC1. The Morgan fingerprint density at radius 2 is 1.22 bits per heavy atom. The number of benzene rings is 1. The molecule has 4 fully saturated rings. The van der Waals surface area contributed by atoms with Crippen LogP contribution in [0.3, 0.4) is 0 Å². The highest BCUT2D eigenvalue weighted by Crippen LogP contribution is 2.37. The first-order chi connectivity index (χ1) is 36.8. The number of non-ortho nitro benzene ring substituents is 1. The van der Waals surface area contributed by atoms with Gasteiger partial charge in [-0.1, -0.05) is 16.7 Å². The smallest absolute Gasteiger partial charge is 0.410 e. The Morgan fingerprint density at radius 1 is 0.740 bits per heavy atom. The number of aliphatic hydroxyl groups is 1. The van der Waals surface area contributed by atoms with Gasteiger partial charge in [-0.25, -0.2) is 45.0 Å². The summed E-state index contributed by atoms with van der Waals surface area (Å²) in [5.74, 6) is 2.20. The van der Waals surface area contributed by atoms with Gasteiger partial charge in [0.25, 0.3) is 5.69 Å². The van der Waals surface area contributed by atoms with E-state index in [2.05, 4.69) is 41.1 Å². The predicted molar refractivity (Wildman–Crippen MR) is 283 cm³/mol. The molecular weight excluding hydrogens is 1060 g/mol. The van der Waals surface area contributed by atoms with Crippen molar-refractivity contribution in [2.75, 3.05) is 39.3 Å². The summed E-state index contributed by atoms with van der Waals surface area (Å²) in [6.07, 6.45) is 13.1. The highest BCUT2D eigenvalue weighted by atomic mass is 35.5. The molecule has 9 heterocycles. The van der Waals surface area contributed by atoms with Crippen molar-refractivity contribution in [3.63, 3.8) is 0 Å². The minimum absolute atomic E-state index is 0.0150. The number of carbonyl (C=O) groups excluding carboxylic acids is 2. The summed E-state index contributed by atoms with van der Waals surface area (Å²) >= 11 is 4.92. The first kappa shape index (κ1) is 56.4. The Hall–Kier alpha value is -6.77. The van der Waals surface area contributed by atoms with E-state index in [4.69, 9.17) is 30.5 Å². The van der Waals surface area contributed by atoms with Gasteiger partial charge in [0.15, 0.2) is 0 Å². The third-order valence-electron chi connectivity index (χ3n) is 14.6. The number of nitro groups is 1. The first-order valence-corrected chi connectivity index (χ1v) is 28.5. The van der Waals surface area contributed by atoms with Crippen molar-refractivity contribution in [2.24, 2.45) is 0 Å². The fourth-order valence-electron chi connectivity index (χ4n) is 9.73. The zero-order valence-electron chi connectivity index (χ0n) is 43.0. The van der Waals surface area contributed by atoms with Crippen LogP contribution in [-0.2, 0) is 38.0 Å². The Labute approximate surface area is 449 Å². The second-order valence-electron chi connectivity index (χ2n) is 19.2. The summed E-state index contributed by atoms with van der Waals surface area (Å²) in [6.45, 7) is 9.76. The average molecular weight is 1120 g/mol. The van der Waals surface area contributed by atoms with Crippen molar-refractivity contribution < 1.29 is 55.0 Å². The van der Waals surface area contributed by atoms with E-state index in [-0.39, 0.29) is 43.0 Å². The molecule has 3 saturated heterocycles. The minimum atomic E-state index is -3.46. The maximum Gasteiger partial charge on any atom is 0.410 e. The maximum absolute atomic E-state index is 13.1. The van der Waals surface area contributed by atoms with E-state index >= 15 is 0 Å². The van der Waals surface area contributed by atoms with Gasteiger partial charge in [0.05, 0.1) is 33.7 Å². The monoisotopic (exact) mass is 1120 g/mol. The molecule has 26 heteroatoms. The van der Waals surface area contributed by atoms with Crippen molar-refractivity contribution in [3.05, 3.63) is 129 Å². The van der Waals surface area contributed by atoms with Crippen molar-refractivity contribution in [1.29, 1.82) is 0 Å². The summed E-state index contributed by atoms with van der Waals surface area (Å²) in [4.78, 5) is 48.7. The van der Waals surface area contributed by atoms with Gasteiger partial charge in [-0.15, -0.1) is 0 Å². The lowest BCUT2D eigenvalue weighted by Gasteiger charge is -2.41. The molecule has 1 aliphatic carbocycles. The summed E-state index contributed by atoms with van der Waals surface area (Å²) in [6, 6.07) is 13.0. The number of ether oxygens (including phenoxy) is 2. The number of amides is 1. The van der Waals surface area contributed by atoms with Crippen molar-refractivity contribution in [1.82, 2.24) is 43.8 Å². The van der Waals surface area contributed by atoms with E-state index in [9.17, 15) is 36.5 Å². The average Bonchev–Trinajstić information content (AvgIpc) is 4.18. The van der Waals surface area contributed by atoms with Gasteiger partial charge in [0.1, 0.15) is 40.4 Å². The summed E-state index contributed by atoms with van der Waals surface area (Å²) in [7, 11) is -6.51. The van der Waals surface area contributed by atoms with E-state index in [1.807, 2.05) is 37.5 Å². The van der Waals surface area contributed by atoms with Crippen LogP contribution in [-0.4, -0.2) is 132 Å². The normalized spacial score (nSPS) is 17.0. The second kappa shape index (κ2) is 24.7. The van der Waals surface area contributed by atoms with Crippen LogP contribution in [0.15, 0.2) is 82.4 Å². The number of aromatic amines is 2. The van der Waals surface area contributed by atoms with Crippen LogP contribution in [0.1, 0.15) is 102 Å². The zero-order valence-corrected chi connectivity index (χ0v) is 45.4. The van der Waals surface area contributed by atoms with Crippen molar-refractivity contribution in [3.8, 4) is 5.75 Å². The number of hydrogen-bond acceptors (Lipinski definition) is 17. The Balaban J connectivity index is 0.000000152. The number of halogens is 1. The Morgan fingerprint density at radius 3 is 1.62 bits per heavy atom. The molecule has 6 aromatic heterocycles. The number of nitrogens with zero attached hydrogens (tertiary/aromatic N) is 8. The number of nitrogens with one attached hydrogen (secondary N) is 2. The number of hydrogen-bond donors (Lipinski definition) is 3. The molecule has 11 rings (SSSR count). The highest BCUT2D eigenvalue weighted by molar-refractivity contribution is 7.90. The van der Waals surface area contributed by atoms with Crippen LogP contribution >= 0.6 is 11.6 Å². The van der Waals surface area contributed by atoms with Crippen LogP contribution in [0.25, 0.3) is 22.1 Å². The fourth-order valence-corrected chi connectivity index (χ4v) is 13.8. The lowest BCUT2D eigenvalue weighted by atomic mass is 9.90. The minimum Gasteiger partial charge on any atom is -0.444 e. The number of fused-ring (bicyclic) bond motifs is 2. The van der Waals surface area contributed by atoms with E-state index in [0.29, 0.717) is 55.2 Å². The summed E-state index contributed by atoms with van der Waals surface area (Å²) in [5.41, 5.74) is 6.20. The molecule has 0 radical (unpaired) electrons. The van der Waals surface area contributed by atoms with Gasteiger partial charge in [-0.3, -0.25) is 10.1 Å². The van der Waals surface area contributed by atoms with Crippen LogP contribution < -0.4 is 4.74 Å². The zero-order chi connectivity index (χ0) is 55.0. The maximum atomic E-state index is 13.1. The number of aromatic nitrogens is 6. The molecule has 4 aliphatic rings. The summed E-state index contributed by atoms with van der Waals surface area (Å²) in [5, 5.41) is 28.0. The van der Waals surface area contributed by atoms with Crippen molar-refractivity contribution in [2.45, 2.75) is 108 Å². The lowest BCUT2D eigenvalue weighted by molar-refractivity contribution is -0.384. The third kappa shape index (κ3) is 13.2. The Kier molecular flexibility index (Phi) is 18.1. The fraction of sp³-hybridized carbons (Fsp3) is 0.451. The molecule has 1 amide bonds. The van der Waals surface area contributed by atoms with Crippen molar-refractivity contribution >= 4 is 70.9 Å². The number of aryl methyl sites for hydroxylation is 4. The molecule has 77 heavy (non-hydrogen) atoms. The number of likely N-dealkylation sites (tertiary alicyclic amines) is 1. The second-order valence-corrected chi connectivity index (χ2v) is 23.9. The molecule has 0 atom stereocenters. The molecule has 1 saturated carbocycles. The standard InChI is InChI=1S/C22H27N5O5S.C16H21N3O2S.C7H4ClNO4.C6H9NO2/c1-14-20(15(2)32-25-14)13-31-22(28)26-11-17(12-26)33(29,30)27-8-5-16(6-9-27)19-10-24-21-18(19)4-3-7-23-21;20-22(21,13-3-1-4-13)19-9-6-12(7-10-19)15-11-18-16-14(15)5-2-8-17-16;8-7(10)13-6-3-1-5(2-4-6)9(11)12;1-4-6(3-8)5(2)9-7-4/h3-4,7,10,16-17H,5-6,8-9,11-13H2,1-2H3,(H,23,24);2,5,8,11-13H,1,3-4,6-7,9-10H2,(H,17,18);1-4H;8H,3H2,1-2H3. The van der Waals surface area contributed by atoms with Gasteiger partial charge < -0.3 is 38.5 Å². The van der Waals surface area contributed by atoms with E-state index in [1.165, 1.54) is 45.7 Å². The Bertz CT molecular complexity index is 3350. The van der Waals surface area contributed by atoms with Crippen LogP contribution in [0.2, 0.25) is 0 Å². The van der Waals surface area contributed by atoms with Crippen LogP contribution in [0.4, 0.5) is 15.3 Å². The molecule has 3 N–H and O–H groups in total. The number of piperidine rings is 2. The highest BCUT2D eigenvalue weighted by Gasteiger charge is 2.45. The third-order valence-corrected chi connectivity index (χ3v) is 19.3. The number of sulfonamides is 2. The van der Waals surface area contributed by atoms with Crippen LogP contribution in [0, 0.1) is 37.8 Å². The largest absolute Gasteiger partial charge is 0.444 e. The predicted octanol–water partition coefficient (Wildman–Crippen LogP) is 8.44. The molecular formula is C51H61ClN10O13S2. The number of H-pyrrole nitrogens is 2. The van der Waals surface area contributed by atoms with Crippen LogP contribution in [0.5, 0.6) is 5.75 Å². The molecule has 412 valence electrons. The number of nitro benzene ring substituents is 1. The topological polar surface area (TPSA) is 303 Å². The lowest BCUT2D eigenvalue weighted by Crippen LogP contribution is -2.60. The van der Waals surface area contributed by atoms with Gasteiger partial charge in [-0.05, 0) is 126 Å². The number of carbonyl (C=O) groups is 2. The van der Waals surface area contributed by atoms with Gasteiger partial charge in [0.2, 0.25) is 20.0 Å². The van der Waals surface area contributed by atoms with E-state index in [0.717, 1.165) is 78.4 Å². The summed E-state index contributed by atoms with van der Waals surface area (Å²) < 4.78 is 74.1. The van der Waals surface area contributed by atoms with Gasteiger partial charge >= 0.3 is 11.5 Å². The van der Waals surface area contributed by atoms with E-state index < -0.39 is 41.7 Å². The molecule has 0 spiro atoms. The van der Waals surface area contributed by atoms with Gasteiger partial charge in [0, 0.05) is 104 Å².